The molecule has 258 valence electrons. The predicted octanol–water partition coefficient (Wildman–Crippen LogP) is 1.74. The van der Waals surface area contributed by atoms with Gasteiger partial charge >= 0.3 is 17.9 Å². The zero-order chi connectivity index (χ0) is 34.3. The van der Waals surface area contributed by atoms with Crippen LogP contribution in [0.4, 0.5) is 0 Å². The molecule has 3 N–H and O–H groups in total. The fourth-order valence-electron chi connectivity index (χ4n) is 4.64. The van der Waals surface area contributed by atoms with E-state index in [9.17, 15) is 35.2 Å². The minimum absolute atomic E-state index is 0.161. The highest BCUT2D eigenvalue weighted by Crippen LogP contribution is 2.46. The summed E-state index contributed by atoms with van der Waals surface area (Å²) in [6.07, 6.45) is -14.3. The molecule has 16 nitrogen and oxygen atoms in total. The van der Waals surface area contributed by atoms with Crippen molar-refractivity contribution in [1.29, 1.82) is 0 Å². The summed E-state index contributed by atoms with van der Waals surface area (Å²) in [6, 6.07) is -1.40. The number of nitrogens with zero attached hydrogens (tertiary/aromatic N) is 3. The summed E-state index contributed by atoms with van der Waals surface area (Å²) in [5, 5.41) is 36.4. The van der Waals surface area contributed by atoms with E-state index in [4.69, 9.17) is 56.0 Å². The molecule has 45 heavy (non-hydrogen) atoms. The molecule has 2 aliphatic heterocycles. The SMILES string of the molecule is CC(=O)OC[C@H]1O[C@@H](O[C@H]2[C@H](O)[C@@H](COC(=O)CCl)O[C@@H](O[Si](C)(C)C(C)(C)C(C)C)[C@@H]2N=[N+]=[N-])[C@H](OC(=O)CCl)[C@@H](O)[C@H]1O. The van der Waals surface area contributed by atoms with Gasteiger partial charge in [-0.15, -0.1) is 23.2 Å². The molecule has 2 rings (SSSR count). The highest BCUT2D eigenvalue weighted by atomic mass is 35.5. The van der Waals surface area contributed by atoms with Crippen LogP contribution in [0.2, 0.25) is 18.1 Å². The topological polar surface area (TPSA) is 225 Å². The van der Waals surface area contributed by atoms with Crippen LogP contribution in [0, 0.1) is 5.92 Å². The first-order chi connectivity index (χ1) is 20.9. The molecule has 0 aromatic carbocycles. The molecule has 10 atom stereocenters. The van der Waals surface area contributed by atoms with Gasteiger partial charge in [0.15, 0.2) is 27.0 Å². The molecule has 0 spiro atoms. The maximum absolute atomic E-state index is 12.1. The Morgan fingerprint density at radius 1 is 0.933 bits per heavy atom. The lowest BCUT2D eigenvalue weighted by atomic mass is 9.96. The van der Waals surface area contributed by atoms with E-state index >= 15 is 0 Å². The summed E-state index contributed by atoms with van der Waals surface area (Å²) in [7, 11) is -2.74. The smallest absolute Gasteiger partial charge is 0.321 e. The van der Waals surface area contributed by atoms with Crippen molar-refractivity contribution in [2.45, 2.75) is 114 Å². The third kappa shape index (κ3) is 9.87. The number of hydrogen-bond acceptors (Lipinski definition) is 14. The van der Waals surface area contributed by atoms with Crippen molar-refractivity contribution in [3.8, 4) is 0 Å². The zero-order valence-corrected chi connectivity index (χ0v) is 28.7. The number of carbonyl (C=O) groups excluding carboxylic acids is 3. The number of aliphatic hydroxyl groups is 3. The van der Waals surface area contributed by atoms with Crippen LogP contribution in [0.5, 0.6) is 0 Å². The fraction of sp³-hybridized carbons (Fsp3) is 0.885. The number of esters is 3. The monoisotopic (exact) mass is 703 g/mol. The van der Waals surface area contributed by atoms with Crippen LogP contribution in [-0.2, 0) is 47.2 Å². The number of halogens is 2. The average Bonchev–Trinajstić information content (AvgIpc) is 2.97. The summed E-state index contributed by atoms with van der Waals surface area (Å²) in [4.78, 5) is 38.3. The molecular formula is C26H43Cl2N3O13Si. The lowest BCUT2D eigenvalue weighted by Crippen LogP contribution is -2.66. The van der Waals surface area contributed by atoms with E-state index < -0.39 is 113 Å². The van der Waals surface area contributed by atoms with Crippen molar-refractivity contribution in [1.82, 2.24) is 0 Å². The molecule has 0 aliphatic carbocycles. The van der Waals surface area contributed by atoms with Crippen molar-refractivity contribution in [3.05, 3.63) is 10.4 Å². The molecule has 2 aliphatic rings. The van der Waals surface area contributed by atoms with Gasteiger partial charge in [-0.25, -0.2) is 0 Å². The normalized spacial score (nSPS) is 32.4. The Bertz CT molecular complexity index is 1080. The minimum atomic E-state index is -2.74. The Morgan fingerprint density at radius 3 is 2.02 bits per heavy atom. The molecule has 0 aromatic rings. The molecule has 0 unspecified atom stereocenters. The van der Waals surface area contributed by atoms with E-state index in [1.165, 1.54) is 0 Å². The quantitative estimate of drug-likeness (QED) is 0.0446. The summed E-state index contributed by atoms with van der Waals surface area (Å²) in [5.74, 6) is -3.45. The molecule has 0 radical (unpaired) electrons. The van der Waals surface area contributed by atoms with Gasteiger partial charge in [-0.3, -0.25) is 14.4 Å². The third-order valence-corrected chi connectivity index (χ3v) is 13.5. The summed E-state index contributed by atoms with van der Waals surface area (Å²) < 4.78 is 39.7. The van der Waals surface area contributed by atoms with E-state index in [-0.39, 0.29) is 11.0 Å². The molecule has 2 saturated heterocycles. The van der Waals surface area contributed by atoms with Crippen molar-refractivity contribution >= 4 is 49.4 Å². The molecule has 0 saturated carbocycles. The van der Waals surface area contributed by atoms with Gasteiger partial charge < -0.3 is 48.2 Å². The predicted molar refractivity (Wildman–Crippen MR) is 160 cm³/mol. The van der Waals surface area contributed by atoms with Gasteiger partial charge in [0.2, 0.25) is 0 Å². The highest BCUT2D eigenvalue weighted by Gasteiger charge is 2.55. The van der Waals surface area contributed by atoms with Gasteiger partial charge in [-0.1, -0.05) is 32.8 Å². The van der Waals surface area contributed by atoms with Gasteiger partial charge in [-0.2, -0.15) is 0 Å². The van der Waals surface area contributed by atoms with Crippen LogP contribution in [0.15, 0.2) is 5.11 Å². The summed E-state index contributed by atoms with van der Waals surface area (Å²) in [6.45, 7) is 12.1. The van der Waals surface area contributed by atoms with Crippen molar-refractivity contribution in [3.63, 3.8) is 0 Å². The highest BCUT2D eigenvalue weighted by molar-refractivity contribution is 6.74. The Morgan fingerprint density at radius 2 is 1.49 bits per heavy atom. The molecule has 19 heteroatoms. The third-order valence-electron chi connectivity index (χ3n) is 8.51. The van der Waals surface area contributed by atoms with Crippen LogP contribution in [-0.4, -0.2) is 128 Å². The van der Waals surface area contributed by atoms with Crippen LogP contribution < -0.4 is 0 Å². The van der Waals surface area contributed by atoms with E-state index in [1.807, 2.05) is 40.8 Å². The van der Waals surface area contributed by atoms with Gasteiger partial charge in [-0.05, 0) is 29.6 Å². The number of azide groups is 1. The molecule has 0 aromatic heterocycles. The van der Waals surface area contributed by atoms with Crippen LogP contribution in [0.3, 0.4) is 0 Å². The van der Waals surface area contributed by atoms with Crippen LogP contribution in [0.1, 0.15) is 34.6 Å². The average molecular weight is 705 g/mol. The number of ether oxygens (including phenoxy) is 6. The lowest BCUT2D eigenvalue weighted by Gasteiger charge is -2.50. The van der Waals surface area contributed by atoms with Crippen molar-refractivity contribution in [2.75, 3.05) is 25.0 Å². The Kier molecular flexibility index (Phi) is 14.8. The Balaban J connectivity index is 2.57. The summed E-state index contributed by atoms with van der Waals surface area (Å²) in [5.41, 5.74) is 9.51. The Hall–Kier alpha value is -1.76. The lowest BCUT2D eigenvalue weighted by molar-refractivity contribution is -0.340. The van der Waals surface area contributed by atoms with Crippen molar-refractivity contribution < 1.29 is 62.6 Å². The first-order valence-electron chi connectivity index (χ1n) is 14.2. The number of alkyl halides is 2. The van der Waals surface area contributed by atoms with Crippen molar-refractivity contribution in [2.24, 2.45) is 11.0 Å². The molecule has 0 bridgehead atoms. The Labute approximate surface area is 272 Å². The van der Waals surface area contributed by atoms with E-state index in [0.29, 0.717) is 0 Å². The van der Waals surface area contributed by atoms with Crippen LogP contribution in [0.25, 0.3) is 10.4 Å². The van der Waals surface area contributed by atoms with Crippen LogP contribution >= 0.6 is 23.2 Å². The first-order valence-corrected chi connectivity index (χ1v) is 18.2. The summed E-state index contributed by atoms with van der Waals surface area (Å²) >= 11 is 11.2. The molecule has 0 amide bonds. The van der Waals surface area contributed by atoms with E-state index in [2.05, 4.69) is 10.0 Å². The zero-order valence-electron chi connectivity index (χ0n) is 26.2. The standard InChI is InChI=1S/C26H43Cl2N3O13Si/c1-12(2)26(4,5)45(6,7)44-24-18(30-31-29)22(20(36)15(40-24)11-39-16(33)8-27)43-25-23(42-17(34)9-28)21(37)19(35)14(41-25)10-38-13(3)32/h12,14-15,18-25,35-37H,8-11H2,1-7H3/t14-,15-,18-,19+,20-,21+,22-,23-,24+,25+/m1/s1. The molecular weight excluding hydrogens is 661 g/mol. The maximum Gasteiger partial charge on any atom is 0.321 e. The number of hydrogen-bond donors (Lipinski definition) is 3. The largest absolute Gasteiger partial charge is 0.463 e. The number of rotatable bonds is 14. The second kappa shape index (κ2) is 16.9. The maximum atomic E-state index is 12.1. The fourth-order valence-corrected chi connectivity index (χ4v) is 7.25. The van der Waals surface area contributed by atoms with E-state index in [0.717, 1.165) is 6.92 Å². The van der Waals surface area contributed by atoms with Gasteiger partial charge in [0.25, 0.3) is 0 Å². The minimum Gasteiger partial charge on any atom is -0.463 e. The van der Waals surface area contributed by atoms with Gasteiger partial charge in [0, 0.05) is 11.8 Å². The second-order valence-electron chi connectivity index (χ2n) is 12.1. The molecule has 2 fully saturated rings. The molecule has 2 heterocycles. The second-order valence-corrected chi connectivity index (χ2v) is 17.1. The number of carbonyl (C=O) groups is 3. The van der Waals surface area contributed by atoms with Gasteiger partial charge in [0.1, 0.15) is 67.6 Å². The van der Waals surface area contributed by atoms with Gasteiger partial charge in [0.05, 0.1) is 0 Å². The van der Waals surface area contributed by atoms with E-state index in [1.54, 1.807) is 0 Å². The number of aliphatic hydroxyl groups excluding tert-OH is 3. The first kappa shape index (κ1) is 39.4.